The van der Waals surface area contributed by atoms with Crippen molar-refractivity contribution in [1.29, 1.82) is 0 Å². The first-order chi connectivity index (χ1) is 4.25. The van der Waals surface area contributed by atoms with Crippen LogP contribution < -0.4 is 0 Å². The van der Waals surface area contributed by atoms with E-state index in [9.17, 15) is 0 Å². The van der Waals surface area contributed by atoms with Gasteiger partial charge in [0, 0.05) is 0 Å². The summed E-state index contributed by atoms with van der Waals surface area (Å²) in [5.74, 6) is 2.04. The van der Waals surface area contributed by atoms with Gasteiger partial charge in [0.05, 0.1) is 0 Å². The fourth-order valence-corrected chi connectivity index (χ4v) is 2.04. The second kappa shape index (κ2) is 3.13. The van der Waals surface area contributed by atoms with Crippen LogP contribution in [0.2, 0.25) is 4.59 Å². The van der Waals surface area contributed by atoms with Crippen molar-refractivity contribution < 1.29 is 0 Å². The summed E-state index contributed by atoms with van der Waals surface area (Å²) in [7, 11) is 0. The molecule has 1 heteroatoms. The molecule has 0 aromatic rings. The number of hydrogen-bond donors (Lipinski definition) is 0. The van der Waals surface area contributed by atoms with Crippen LogP contribution in [-0.2, 0) is 0 Å². The predicted octanol–water partition coefficient (Wildman–Crippen LogP) is 2.40. The van der Waals surface area contributed by atoms with E-state index < -0.39 is 0 Å². The van der Waals surface area contributed by atoms with Gasteiger partial charge in [-0.05, 0) is 0 Å². The van der Waals surface area contributed by atoms with Gasteiger partial charge in [0.1, 0.15) is 0 Å². The van der Waals surface area contributed by atoms with Crippen molar-refractivity contribution in [3.63, 3.8) is 0 Å². The molecule has 48 valence electrons. The molecule has 1 saturated carbocycles. The molecule has 0 aliphatic heterocycles. The van der Waals surface area contributed by atoms with E-state index in [0.29, 0.717) is 0 Å². The van der Waals surface area contributed by atoms with Gasteiger partial charge >= 0.3 is 67.3 Å². The van der Waals surface area contributed by atoms with Crippen molar-refractivity contribution in [3.8, 4) is 0 Å². The molecule has 1 rings (SSSR count). The third kappa shape index (κ3) is 1.54. The van der Waals surface area contributed by atoms with Crippen molar-refractivity contribution in [3.05, 3.63) is 0 Å². The fourth-order valence-electron chi connectivity index (χ4n) is 2.04. The Morgan fingerprint density at radius 3 is 2.33 bits per heavy atom. The Hall–Kier alpha value is 0.597. The van der Waals surface area contributed by atoms with Crippen LogP contribution in [0.4, 0.5) is 0 Å². The second-order valence-corrected chi connectivity index (χ2v) is 3.58. The number of rotatable bonds is 1. The van der Waals surface area contributed by atoms with Gasteiger partial charge in [0.2, 0.25) is 0 Å². The van der Waals surface area contributed by atoms with E-state index in [1.165, 1.54) is 19.3 Å². The average molecular weight is 118 g/mol. The van der Waals surface area contributed by atoms with E-state index in [0.717, 1.165) is 16.4 Å². The minimum absolute atomic E-state index is 0.995. The molecule has 1 aliphatic rings. The Kier molecular flexibility index (Phi) is 2.68. The monoisotopic (exact) mass is 118 g/mol. The van der Waals surface area contributed by atoms with Crippen molar-refractivity contribution in [1.82, 2.24) is 0 Å². The van der Waals surface area contributed by atoms with Gasteiger partial charge in [-0.25, -0.2) is 0 Å². The Labute approximate surface area is 67.6 Å². The molecule has 0 heterocycles. The normalized spacial score (nSPS) is 43.8. The maximum absolute atomic E-state index is 2.41. The van der Waals surface area contributed by atoms with Crippen LogP contribution in [0, 0.1) is 11.8 Å². The second-order valence-electron chi connectivity index (χ2n) is 3.58. The first-order valence-corrected chi connectivity index (χ1v) is 4.25. The van der Waals surface area contributed by atoms with Crippen molar-refractivity contribution in [2.24, 2.45) is 11.8 Å². The standard InChI is InChI=1S/C8H15.Li/c1-3-8-5-4-7(2)6-8;/h6-8H,3-5H2,1-2H3;. The molecule has 0 radical (unpaired) electrons. The van der Waals surface area contributed by atoms with Crippen LogP contribution in [-0.4, -0.2) is 17.7 Å². The average Bonchev–Trinajstić information content (AvgIpc) is 2.15. The van der Waals surface area contributed by atoms with Gasteiger partial charge in [0.25, 0.3) is 0 Å². The molecule has 3 unspecified atom stereocenters. The van der Waals surface area contributed by atoms with E-state index in [1.807, 2.05) is 0 Å². The molecule has 3 atom stereocenters. The van der Waals surface area contributed by atoms with Gasteiger partial charge in [0.15, 0.2) is 0 Å². The maximum atomic E-state index is 2.41. The molecule has 0 spiro atoms. The third-order valence-electron chi connectivity index (χ3n) is 3.16. The minimum atomic E-state index is 0.995. The van der Waals surface area contributed by atoms with Crippen LogP contribution in [0.3, 0.4) is 0 Å². The first kappa shape index (κ1) is 7.70. The van der Waals surface area contributed by atoms with Gasteiger partial charge in [-0.3, -0.25) is 0 Å². The third-order valence-corrected chi connectivity index (χ3v) is 3.16. The van der Waals surface area contributed by atoms with Crippen molar-refractivity contribution in [2.45, 2.75) is 37.7 Å². The Balaban J connectivity index is 2.41. The zero-order valence-electron chi connectivity index (χ0n) is 6.85. The van der Waals surface area contributed by atoms with E-state index in [4.69, 9.17) is 0 Å². The molecule has 0 N–H and O–H groups in total. The SMILES string of the molecule is [Li][CH]1C(C)CCC1CC. The number of hydrogen-bond acceptors (Lipinski definition) is 0. The Bertz CT molecular complexity index is 90.6. The summed E-state index contributed by atoms with van der Waals surface area (Å²) in [5, 5.41) is 0. The van der Waals surface area contributed by atoms with Crippen molar-refractivity contribution in [2.75, 3.05) is 0 Å². The van der Waals surface area contributed by atoms with Crippen LogP contribution in [0.5, 0.6) is 0 Å². The summed E-state index contributed by atoms with van der Waals surface area (Å²) >= 11 is 2.41. The quantitative estimate of drug-likeness (QED) is 0.464. The molecule has 0 saturated heterocycles. The Morgan fingerprint density at radius 1 is 1.44 bits per heavy atom. The molecule has 1 fully saturated rings. The topological polar surface area (TPSA) is 0 Å². The summed E-state index contributed by atoms with van der Waals surface area (Å²) in [6.45, 7) is 4.71. The van der Waals surface area contributed by atoms with E-state index in [-0.39, 0.29) is 0 Å². The van der Waals surface area contributed by atoms with Crippen LogP contribution in [0.15, 0.2) is 0 Å². The molecule has 0 nitrogen and oxygen atoms in total. The summed E-state index contributed by atoms with van der Waals surface area (Å²) in [6.07, 6.45) is 4.35. The summed E-state index contributed by atoms with van der Waals surface area (Å²) in [5.41, 5.74) is 0. The van der Waals surface area contributed by atoms with E-state index >= 15 is 0 Å². The molecule has 0 aromatic carbocycles. The molecule has 0 bridgehead atoms. The van der Waals surface area contributed by atoms with Gasteiger partial charge in [-0.1, -0.05) is 0 Å². The summed E-state index contributed by atoms with van der Waals surface area (Å²) in [4.78, 5) is 0. The van der Waals surface area contributed by atoms with E-state index in [1.54, 1.807) is 0 Å². The predicted molar refractivity (Wildman–Crippen MR) is 41.7 cm³/mol. The van der Waals surface area contributed by atoms with Gasteiger partial charge in [-0.15, -0.1) is 0 Å². The fraction of sp³-hybridized carbons (Fsp3) is 1.00. The molecule has 0 aromatic heterocycles. The Morgan fingerprint density at radius 2 is 2.11 bits per heavy atom. The molecular weight excluding hydrogens is 103 g/mol. The molecule has 1 aliphatic carbocycles. The summed E-state index contributed by atoms with van der Waals surface area (Å²) in [6, 6.07) is 0. The van der Waals surface area contributed by atoms with Crippen LogP contribution >= 0.6 is 0 Å². The molecule has 0 amide bonds. The zero-order chi connectivity index (χ0) is 6.85. The zero-order valence-corrected chi connectivity index (χ0v) is 6.85. The van der Waals surface area contributed by atoms with Gasteiger partial charge < -0.3 is 0 Å². The first-order valence-electron chi connectivity index (χ1n) is 4.25. The summed E-state index contributed by atoms with van der Waals surface area (Å²) < 4.78 is 0.995. The molecular formula is C8H15Li. The van der Waals surface area contributed by atoms with Crippen LogP contribution in [0.25, 0.3) is 0 Å². The van der Waals surface area contributed by atoms with E-state index in [2.05, 4.69) is 31.6 Å². The van der Waals surface area contributed by atoms with Crippen LogP contribution in [0.1, 0.15) is 33.1 Å². The van der Waals surface area contributed by atoms with Gasteiger partial charge in [-0.2, -0.15) is 0 Å². The van der Waals surface area contributed by atoms with Crippen molar-refractivity contribution >= 4 is 17.7 Å². The molecule has 9 heavy (non-hydrogen) atoms.